The number of ketones is 1. The highest BCUT2D eigenvalue weighted by Crippen LogP contribution is 2.24. The van der Waals surface area contributed by atoms with E-state index in [1.54, 1.807) is 24.5 Å². The van der Waals surface area contributed by atoms with E-state index in [-0.39, 0.29) is 17.0 Å². The maximum atomic E-state index is 13.5. The first-order valence-corrected chi connectivity index (χ1v) is 6.10. The van der Waals surface area contributed by atoms with Gasteiger partial charge in [0.1, 0.15) is 5.82 Å². The Morgan fingerprint density at radius 3 is 2.65 bits per heavy atom. The van der Waals surface area contributed by atoms with Gasteiger partial charge in [-0.25, -0.2) is 4.39 Å². The summed E-state index contributed by atoms with van der Waals surface area (Å²) in [7, 11) is 0. The summed E-state index contributed by atoms with van der Waals surface area (Å²) in [5.41, 5.74) is 6.16. The number of carbonyl (C=O) groups excluding carboxylic acids is 1. The van der Waals surface area contributed by atoms with Crippen molar-refractivity contribution < 1.29 is 9.18 Å². The lowest BCUT2D eigenvalue weighted by Gasteiger charge is -2.08. The standard InChI is InChI=1S/C16H11FN2O/c17-14-6-2-5-12(15(14)18)16(20)11-4-1-3-10-7-8-19-9-13(10)11/h1-9H,18H2. The highest BCUT2D eigenvalue weighted by molar-refractivity contribution is 6.18. The lowest BCUT2D eigenvalue weighted by molar-refractivity contribution is 0.104. The number of hydrogen-bond acceptors (Lipinski definition) is 3. The topological polar surface area (TPSA) is 56.0 Å². The lowest BCUT2D eigenvalue weighted by atomic mass is 9.97. The molecule has 2 N–H and O–H groups in total. The van der Waals surface area contributed by atoms with Gasteiger partial charge in [-0.3, -0.25) is 9.78 Å². The summed E-state index contributed by atoms with van der Waals surface area (Å²) in [4.78, 5) is 16.6. The molecule has 2 aromatic carbocycles. The van der Waals surface area contributed by atoms with Crippen LogP contribution in [0, 0.1) is 5.82 Å². The zero-order valence-electron chi connectivity index (χ0n) is 10.5. The van der Waals surface area contributed by atoms with Gasteiger partial charge in [0.15, 0.2) is 5.78 Å². The van der Waals surface area contributed by atoms with E-state index in [0.29, 0.717) is 5.56 Å². The van der Waals surface area contributed by atoms with Crippen LogP contribution in [0.1, 0.15) is 15.9 Å². The molecule has 0 atom stereocenters. The number of para-hydroxylation sites is 1. The fourth-order valence-corrected chi connectivity index (χ4v) is 2.19. The van der Waals surface area contributed by atoms with Crippen molar-refractivity contribution in [2.24, 2.45) is 0 Å². The molecule has 0 radical (unpaired) electrons. The van der Waals surface area contributed by atoms with Gasteiger partial charge in [-0.2, -0.15) is 0 Å². The number of nitrogens with two attached hydrogens (primary N) is 1. The minimum absolute atomic E-state index is 0.126. The van der Waals surface area contributed by atoms with Crippen LogP contribution in [-0.4, -0.2) is 10.8 Å². The number of benzene rings is 2. The molecule has 0 saturated carbocycles. The van der Waals surface area contributed by atoms with Crippen molar-refractivity contribution in [3.8, 4) is 0 Å². The minimum atomic E-state index is -0.589. The largest absolute Gasteiger partial charge is 0.396 e. The second kappa shape index (κ2) is 4.74. The van der Waals surface area contributed by atoms with Gasteiger partial charge in [-0.15, -0.1) is 0 Å². The maximum absolute atomic E-state index is 13.5. The van der Waals surface area contributed by atoms with Crippen LogP contribution in [0.2, 0.25) is 0 Å². The number of nitrogens with zero attached hydrogens (tertiary/aromatic N) is 1. The van der Waals surface area contributed by atoms with Crippen molar-refractivity contribution in [1.82, 2.24) is 4.98 Å². The molecule has 0 bridgehead atoms. The first kappa shape index (κ1) is 12.3. The van der Waals surface area contributed by atoms with Crippen LogP contribution in [0.15, 0.2) is 54.9 Å². The van der Waals surface area contributed by atoms with E-state index in [2.05, 4.69) is 4.98 Å². The number of nitrogen functional groups attached to an aromatic ring is 1. The molecule has 0 unspecified atom stereocenters. The number of anilines is 1. The maximum Gasteiger partial charge on any atom is 0.195 e. The molecular weight excluding hydrogens is 255 g/mol. The molecule has 3 nitrogen and oxygen atoms in total. The Hall–Kier alpha value is -2.75. The summed E-state index contributed by atoms with van der Waals surface area (Å²) in [5.74, 6) is -0.894. The number of carbonyl (C=O) groups is 1. The first-order valence-electron chi connectivity index (χ1n) is 6.10. The molecular formula is C16H11FN2O. The highest BCUT2D eigenvalue weighted by Gasteiger charge is 2.16. The molecule has 0 aliphatic rings. The fraction of sp³-hybridized carbons (Fsp3) is 0. The molecule has 3 aromatic rings. The average Bonchev–Trinajstić information content (AvgIpc) is 2.49. The number of aromatic nitrogens is 1. The Bertz CT molecular complexity index is 809. The van der Waals surface area contributed by atoms with Crippen LogP contribution < -0.4 is 5.73 Å². The summed E-state index contributed by atoms with van der Waals surface area (Å²) in [6.45, 7) is 0. The molecule has 0 spiro atoms. The van der Waals surface area contributed by atoms with Crippen molar-refractivity contribution in [2.75, 3.05) is 5.73 Å². The summed E-state index contributed by atoms with van der Waals surface area (Å²) in [6, 6.07) is 11.4. The lowest BCUT2D eigenvalue weighted by Crippen LogP contribution is -2.07. The third kappa shape index (κ3) is 1.91. The average molecular weight is 266 g/mol. The van der Waals surface area contributed by atoms with Gasteiger partial charge in [0, 0.05) is 28.9 Å². The fourth-order valence-electron chi connectivity index (χ4n) is 2.19. The summed E-state index contributed by atoms with van der Waals surface area (Å²) in [5, 5.41) is 1.63. The quantitative estimate of drug-likeness (QED) is 0.572. The Labute approximate surface area is 114 Å². The van der Waals surface area contributed by atoms with Gasteiger partial charge >= 0.3 is 0 Å². The van der Waals surface area contributed by atoms with Crippen LogP contribution in [0.25, 0.3) is 10.8 Å². The van der Waals surface area contributed by atoms with Crippen molar-refractivity contribution in [2.45, 2.75) is 0 Å². The van der Waals surface area contributed by atoms with Gasteiger partial charge in [-0.1, -0.05) is 24.3 Å². The van der Waals surface area contributed by atoms with Crippen LogP contribution in [0.3, 0.4) is 0 Å². The Balaban J connectivity index is 2.21. The number of fused-ring (bicyclic) bond motifs is 1. The second-order valence-electron chi connectivity index (χ2n) is 4.43. The molecule has 1 aromatic heterocycles. The van der Waals surface area contributed by atoms with Gasteiger partial charge in [0.05, 0.1) is 5.69 Å². The number of rotatable bonds is 2. The predicted octanol–water partition coefficient (Wildman–Crippen LogP) is 3.19. The van der Waals surface area contributed by atoms with Crippen molar-refractivity contribution >= 4 is 22.2 Å². The molecule has 0 aliphatic carbocycles. The van der Waals surface area contributed by atoms with Crippen molar-refractivity contribution in [3.05, 3.63) is 71.8 Å². The minimum Gasteiger partial charge on any atom is -0.396 e. The molecule has 1 heterocycles. The summed E-state index contributed by atoms with van der Waals surface area (Å²) in [6.07, 6.45) is 3.28. The summed E-state index contributed by atoms with van der Waals surface area (Å²) >= 11 is 0. The van der Waals surface area contributed by atoms with Crippen molar-refractivity contribution in [1.29, 1.82) is 0 Å². The van der Waals surface area contributed by atoms with Crippen LogP contribution in [0.4, 0.5) is 10.1 Å². The van der Waals surface area contributed by atoms with Crippen LogP contribution in [-0.2, 0) is 0 Å². The van der Waals surface area contributed by atoms with Gasteiger partial charge in [0.25, 0.3) is 0 Å². The number of halogens is 1. The zero-order valence-corrected chi connectivity index (χ0v) is 10.5. The molecule has 20 heavy (non-hydrogen) atoms. The third-order valence-electron chi connectivity index (χ3n) is 3.23. The Morgan fingerprint density at radius 1 is 1.05 bits per heavy atom. The van der Waals surface area contributed by atoms with Gasteiger partial charge < -0.3 is 5.73 Å². The molecule has 98 valence electrons. The molecule has 0 saturated heterocycles. The molecule has 0 amide bonds. The molecule has 0 aliphatic heterocycles. The monoisotopic (exact) mass is 266 g/mol. The Morgan fingerprint density at radius 2 is 1.80 bits per heavy atom. The van der Waals surface area contributed by atoms with Crippen molar-refractivity contribution in [3.63, 3.8) is 0 Å². The molecule has 0 fully saturated rings. The van der Waals surface area contributed by atoms with E-state index in [1.807, 2.05) is 12.1 Å². The van der Waals surface area contributed by atoms with E-state index < -0.39 is 5.82 Å². The van der Waals surface area contributed by atoms with E-state index >= 15 is 0 Å². The summed E-state index contributed by atoms with van der Waals surface area (Å²) < 4.78 is 13.5. The zero-order chi connectivity index (χ0) is 14.1. The van der Waals surface area contributed by atoms with Gasteiger partial charge in [-0.05, 0) is 23.6 Å². The van der Waals surface area contributed by atoms with E-state index in [0.717, 1.165) is 10.8 Å². The normalized spacial score (nSPS) is 10.7. The second-order valence-corrected chi connectivity index (χ2v) is 4.43. The Kier molecular flexibility index (Phi) is 2.91. The van der Waals surface area contributed by atoms with Crippen LogP contribution in [0.5, 0.6) is 0 Å². The highest BCUT2D eigenvalue weighted by atomic mass is 19.1. The van der Waals surface area contributed by atoms with E-state index in [9.17, 15) is 9.18 Å². The molecule has 4 heteroatoms. The first-order chi connectivity index (χ1) is 9.68. The molecule has 3 rings (SSSR count). The third-order valence-corrected chi connectivity index (χ3v) is 3.23. The van der Waals surface area contributed by atoms with Gasteiger partial charge in [0.2, 0.25) is 0 Å². The van der Waals surface area contributed by atoms with Crippen LogP contribution >= 0.6 is 0 Å². The van der Waals surface area contributed by atoms with E-state index in [4.69, 9.17) is 5.73 Å². The SMILES string of the molecule is Nc1c(F)cccc1C(=O)c1cccc2ccncc12. The smallest absolute Gasteiger partial charge is 0.195 e. The number of pyridine rings is 1. The predicted molar refractivity (Wildman–Crippen MR) is 76.0 cm³/mol. The number of hydrogen-bond donors (Lipinski definition) is 1. The van der Waals surface area contributed by atoms with E-state index in [1.165, 1.54) is 18.2 Å².